The minimum Gasteiger partial charge on any atom is -0.790 e. The van der Waals surface area contributed by atoms with Crippen molar-refractivity contribution in [3.8, 4) is 0 Å². The average molecular weight is 491 g/mol. The number of anilines is 1. The number of hydrogen-bond acceptors (Lipinski definition) is 13. The Morgan fingerprint density at radius 3 is 2.43 bits per heavy atom. The van der Waals surface area contributed by atoms with Gasteiger partial charge in [-0.1, -0.05) is 0 Å². The summed E-state index contributed by atoms with van der Waals surface area (Å²) in [6, 6.07) is 0. The Labute approximate surface area is 237 Å². The van der Waals surface area contributed by atoms with E-state index in [1.54, 1.807) is 0 Å². The van der Waals surface area contributed by atoms with Gasteiger partial charge in [-0.3, -0.25) is 4.57 Å². The topological polar surface area (TPSA) is 218 Å². The Hall–Kier alpha value is 1.59. The molecule has 30 heavy (non-hydrogen) atoms. The van der Waals surface area contributed by atoms with Gasteiger partial charge in [-0.15, -0.1) is 0 Å². The molecule has 1 saturated heterocycles. The molecule has 1 fully saturated rings. The number of aliphatic hydroxyl groups excluding tert-OH is 2. The Morgan fingerprint density at radius 2 is 1.83 bits per heavy atom. The number of fused-ring (bicyclic) bond motifs is 1. The van der Waals surface area contributed by atoms with Crippen LogP contribution in [0.3, 0.4) is 0 Å². The van der Waals surface area contributed by atoms with E-state index in [-0.39, 0.29) is 106 Å². The molecule has 2 aromatic heterocycles. The molecule has 0 amide bonds. The van der Waals surface area contributed by atoms with Crippen molar-refractivity contribution in [1.82, 2.24) is 19.5 Å². The fourth-order valence-electron chi connectivity index (χ4n) is 2.39. The van der Waals surface area contributed by atoms with Crippen molar-refractivity contribution < 1.29 is 131 Å². The van der Waals surface area contributed by atoms with Gasteiger partial charge in [0.2, 0.25) is 0 Å². The van der Waals surface area contributed by atoms with Crippen LogP contribution in [0.5, 0.6) is 0 Å². The third-order valence-corrected chi connectivity index (χ3v) is 5.20. The maximum Gasteiger partial charge on any atom is 1.00 e. The Morgan fingerprint density at radius 1 is 1.20 bits per heavy atom. The minimum absolute atomic E-state index is 0. The summed E-state index contributed by atoms with van der Waals surface area (Å²) in [4.78, 5) is 33.0. The Balaban J connectivity index is 0.00000280. The quantitative estimate of drug-likeness (QED) is 0.253. The number of nitrogens with two attached hydrogens (primary N) is 1. The maximum absolute atomic E-state index is 11.9. The standard InChI is InChI=1S/C10H17BN5O9P2.3Na/c11-26(19,25-27(20,21)22)23-1-4-6(17)7(18)10(24-4)16-3-15-5-8(12)13-2-14-9(5)16;;;/h2-4,6-7,10,17-18H,1H2,11H3,(H2,12,13,14)(H2,20,21,22);;;/q-1;3*+1/p-2/t4-,6-,7-,10-,26+;;;/m1.../s1. The van der Waals surface area contributed by atoms with E-state index in [0.717, 1.165) is 0 Å². The predicted octanol–water partition coefficient (Wildman–Crippen LogP) is -12.6. The number of rotatable bonds is 6. The van der Waals surface area contributed by atoms with Crippen molar-refractivity contribution in [3.63, 3.8) is 0 Å². The summed E-state index contributed by atoms with van der Waals surface area (Å²) in [5, 5.41) is 20.4. The molecule has 14 nitrogen and oxygen atoms in total. The van der Waals surface area contributed by atoms with Gasteiger partial charge >= 0.3 is 88.7 Å². The van der Waals surface area contributed by atoms with Gasteiger partial charge in [0.05, 0.1) is 28.3 Å². The van der Waals surface area contributed by atoms with Gasteiger partial charge in [0, 0.05) is 0 Å². The van der Waals surface area contributed by atoms with Crippen LogP contribution in [0.4, 0.5) is 5.82 Å². The van der Waals surface area contributed by atoms with Gasteiger partial charge in [0.15, 0.2) is 25.2 Å². The van der Waals surface area contributed by atoms with Gasteiger partial charge in [-0.2, -0.15) is 0 Å². The summed E-state index contributed by atoms with van der Waals surface area (Å²) >= 11 is 0. The van der Waals surface area contributed by atoms with Crippen LogP contribution < -0.4 is 104 Å². The molecule has 3 rings (SSSR count). The molecule has 0 bridgehead atoms. The molecule has 0 aliphatic carbocycles. The van der Waals surface area contributed by atoms with Crippen LogP contribution in [-0.4, -0.2) is 62.2 Å². The molecule has 5 atom stereocenters. The van der Waals surface area contributed by atoms with E-state index < -0.39 is 54.0 Å². The summed E-state index contributed by atoms with van der Waals surface area (Å²) < 4.78 is 38.2. The number of ether oxygens (including phenoxy) is 1. The van der Waals surface area contributed by atoms with Crippen molar-refractivity contribution >= 4 is 39.8 Å². The van der Waals surface area contributed by atoms with E-state index in [9.17, 15) is 29.1 Å². The summed E-state index contributed by atoms with van der Waals surface area (Å²) in [5.74, 6) is 0.115. The van der Waals surface area contributed by atoms with Gasteiger partial charge in [0.1, 0.15) is 30.2 Å². The molecule has 2 aromatic rings. The van der Waals surface area contributed by atoms with E-state index in [1.165, 1.54) is 17.2 Å². The third-order valence-electron chi connectivity index (χ3n) is 3.51. The van der Waals surface area contributed by atoms with Crippen LogP contribution in [0.1, 0.15) is 6.23 Å². The molecule has 3 heterocycles. The molecule has 150 valence electrons. The van der Waals surface area contributed by atoms with Crippen LogP contribution in [0.2, 0.25) is 0 Å². The normalized spacial score (nSPS) is 25.6. The second-order valence-corrected chi connectivity index (χ2v) is 7.43. The number of imidazole rings is 1. The minimum atomic E-state index is -5.48. The maximum atomic E-state index is 11.9. The second kappa shape index (κ2) is 12.3. The molecule has 0 saturated carbocycles. The zero-order chi connectivity index (χ0) is 20.0. The second-order valence-electron chi connectivity index (χ2n) is 5.18. The van der Waals surface area contributed by atoms with E-state index >= 15 is 0 Å². The van der Waals surface area contributed by atoms with Gasteiger partial charge in [0.25, 0.3) is 0 Å². The van der Waals surface area contributed by atoms with Crippen LogP contribution >= 0.6 is 15.3 Å². The summed E-state index contributed by atoms with van der Waals surface area (Å²) in [6.07, 6.45) is -2.70. The van der Waals surface area contributed by atoms with Gasteiger partial charge in [-0.05, 0) is 0 Å². The molecule has 0 spiro atoms. The zero-order valence-electron chi connectivity index (χ0n) is 15.7. The first-order valence-corrected chi connectivity index (χ1v) is 9.49. The van der Waals surface area contributed by atoms with E-state index in [2.05, 4.69) is 19.3 Å². The molecular formula is C10H15BN5Na3O9P2. The fraction of sp³-hybridized carbons (Fsp3) is 0.500. The summed E-state index contributed by atoms with van der Waals surface area (Å²) in [7, 11) is -10.8. The third kappa shape index (κ3) is 7.56. The summed E-state index contributed by atoms with van der Waals surface area (Å²) in [6.45, 7) is -0.556. The first-order chi connectivity index (χ1) is 12.5. The Kier molecular flexibility index (Phi) is 13.0. The molecule has 1 aliphatic rings. The van der Waals surface area contributed by atoms with Crippen LogP contribution in [0, 0.1) is 0 Å². The fourth-order valence-corrected chi connectivity index (χ4v) is 3.50. The molecule has 0 unspecified atom stereocenters. The summed E-state index contributed by atoms with van der Waals surface area (Å²) in [5.41, 5.74) is 6.21. The first kappa shape index (κ1) is 31.6. The molecule has 20 heteroatoms. The van der Waals surface area contributed by atoms with Crippen molar-refractivity contribution in [2.24, 2.45) is 0 Å². The van der Waals surface area contributed by atoms with Crippen molar-refractivity contribution in [2.45, 2.75) is 24.5 Å². The first-order valence-electron chi connectivity index (χ1n) is 6.94. The van der Waals surface area contributed by atoms with E-state index in [4.69, 9.17) is 15.0 Å². The number of hydrogen-bond donors (Lipinski definition) is 3. The average Bonchev–Trinajstić information content (AvgIpc) is 3.07. The number of nitrogens with zero attached hydrogens (tertiary/aromatic N) is 4. The largest absolute Gasteiger partial charge is 1.00 e. The van der Waals surface area contributed by atoms with E-state index in [1.807, 2.05) is 0 Å². The number of nitrogen functional groups attached to an aromatic ring is 1. The molecule has 0 aromatic carbocycles. The number of aromatic nitrogens is 4. The molecule has 4 N–H and O–H groups in total. The Bertz CT molecular complexity index is 951. The molecule has 0 radical (unpaired) electrons. The van der Waals surface area contributed by atoms with Crippen molar-refractivity contribution in [3.05, 3.63) is 12.7 Å². The number of aliphatic hydroxyl groups is 2. The van der Waals surface area contributed by atoms with E-state index in [0.29, 0.717) is 0 Å². The van der Waals surface area contributed by atoms with Crippen LogP contribution in [0.15, 0.2) is 12.7 Å². The monoisotopic (exact) mass is 491 g/mol. The number of phosphoric acid groups is 1. The molecule has 1 aliphatic heterocycles. The SMILES string of the molecule is [BH3-][P@](=O)(OC[C@H]1O[C@@H](n2cnc3c(N)ncnc32)[C@H](O)[C@@H]1O)OP(=O)([O-])[O-].[Na+].[Na+].[Na+]. The molecular weight excluding hydrogens is 476 g/mol. The zero-order valence-corrected chi connectivity index (χ0v) is 23.5. The predicted molar refractivity (Wildman–Crippen MR) is 87.8 cm³/mol. The van der Waals surface area contributed by atoms with Crippen molar-refractivity contribution in [2.75, 3.05) is 12.3 Å². The smallest absolute Gasteiger partial charge is 0.790 e. The van der Waals surface area contributed by atoms with Gasteiger partial charge in [-0.25, -0.2) is 15.0 Å². The van der Waals surface area contributed by atoms with Crippen LogP contribution in [0.25, 0.3) is 11.2 Å². The van der Waals surface area contributed by atoms with Crippen LogP contribution in [-0.2, 0) is 22.7 Å². The van der Waals surface area contributed by atoms with Gasteiger partial charge < -0.3 is 48.4 Å². The van der Waals surface area contributed by atoms with Crippen molar-refractivity contribution in [1.29, 1.82) is 0 Å².